The molecule has 4 heteroatoms. The number of hydrogen-bond acceptors (Lipinski definition) is 4. The van der Waals surface area contributed by atoms with Gasteiger partial charge in [0.05, 0.1) is 10.5 Å². The number of allylic oxidation sites excluding steroid dienone is 2. The number of carbonyl (C=O) groups excluding carboxylic acids is 1. The lowest BCUT2D eigenvalue weighted by molar-refractivity contribution is -0.136. The van der Waals surface area contributed by atoms with Gasteiger partial charge in [0, 0.05) is 0 Å². The fourth-order valence-electron chi connectivity index (χ4n) is 1.84. The number of hydrogen-bond donors (Lipinski definition) is 0. The Kier molecular flexibility index (Phi) is 3.56. The zero-order valence-corrected chi connectivity index (χ0v) is 11.3. The summed E-state index contributed by atoms with van der Waals surface area (Å²) >= 11 is 1.53. The van der Waals surface area contributed by atoms with Gasteiger partial charge in [-0.3, -0.25) is 0 Å². The van der Waals surface area contributed by atoms with Gasteiger partial charge >= 0.3 is 5.97 Å². The Morgan fingerprint density at radius 2 is 1.95 bits per heavy atom. The maximum absolute atomic E-state index is 11.7. The number of carbonyl (C=O) groups is 1. The van der Waals surface area contributed by atoms with Crippen LogP contribution in [0.4, 0.5) is 0 Å². The second-order valence-corrected chi connectivity index (χ2v) is 5.09. The molecule has 3 nitrogen and oxygen atoms in total. The Hall–Kier alpha value is -2.46. The van der Waals surface area contributed by atoms with Crippen molar-refractivity contribution in [3.8, 4) is 0 Å². The molecule has 2 heterocycles. The van der Waals surface area contributed by atoms with Crippen LogP contribution in [0, 0.1) is 0 Å². The molecule has 0 amide bonds. The molecular weight excluding hydrogens is 270 g/mol. The molecule has 3 rings (SSSR count). The van der Waals surface area contributed by atoms with Crippen molar-refractivity contribution in [2.75, 3.05) is 0 Å². The van der Waals surface area contributed by atoms with Gasteiger partial charge < -0.3 is 4.84 Å². The lowest BCUT2D eigenvalue weighted by atomic mass is 10.1. The number of benzene rings is 1. The highest BCUT2D eigenvalue weighted by Crippen LogP contribution is 2.21. The lowest BCUT2D eigenvalue weighted by Crippen LogP contribution is -2.04. The van der Waals surface area contributed by atoms with Crippen molar-refractivity contribution in [2.45, 2.75) is 0 Å². The minimum Gasteiger partial charge on any atom is -0.312 e. The zero-order valence-electron chi connectivity index (χ0n) is 10.5. The molecule has 0 spiro atoms. The van der Waals surface area contributed by atoms with Gasteiger partial charge in [0.15, 0.2) is 0 Å². The van der Waals surface area contributed by atoms with Gasteiger partial charge in [0.1, 0.15) is 5.71 Å². The first-order valence-electron chi connectivity index (χ1n) is 6.11. The van der Waals surface area contributed by atoms with Crippen molar-refractivity contribution in [3.05, 3.63) is 76.0 Å². The fourth-order valence-corrected chi connectivity index (χ4v) is 2.56. The quantitative estimate of drug-likeness (QED) is 0.636. The van der Waals surface area contributed by atoms with E-state index in [1.165, 1.54) is 11.3 Å². The second-order valence-electron chi connectivity index (χ2n) is 4.15. The summed E-state index contributed by atoms with van der Waals surface area (Å²) in [5.74, 6) is -0.411. The summed E-state index contributed by atoms with van der Waals surface area (Å²) in [5, 5.41) is 5.78. The topological polar surface area (TPSA) is 38.7 Å². The monoisotopic (exact) mass is 281 g/mol. The molecule has 0 saturated carbocycles. The average Bonchev–Trinajstić information content (AvgIpc) is 3.11. The highest BCUT2D eigenvalue weighted by molar-refractivity contribution is 7.12. The van der Waals surface area contributed by atoms with E-state index in [2.05, 4.69) is 5.16 Å². The number of oxime groups is 1. The third-order valence-corrected chi connectivity index (χ3v) is 3.68. The lowest BCUT2D eigenvalue weighted by Gasteiger charge is -1.94. The number of rotatable bonds is 3. The first-order valence-corrected chi connectivity index (χ1v) is 6.99. The van der Waals surface area contributed by atoms with Crippen LogP contribution < -0.4 is 0 Å². The second kappa shape index (κ2) is 5.67. The summed E-state index contributed by atoms with van der Waals surface area (Å²) in [7, 11) is 0. The van der Waals surface area contributed by atoms with Crippen molar-refractivity contribution < 1.29 is 9.63 Å². The van der Waals surface area contributed by atoms with Gasteiger partial charge in [-0.15, -0.1) is 11.3 Å². The molecule has 2 aromatic rings. The third-order valence-electron chi connectivity index (χ3n) is 2.80. The SMILES string of the molecule is O=C1ON=C(c2cccs2)C1=CC=Cc1ccccc1. The fraction of sp³-hybridized carbons (Fsp3) is 0. The molecule has 0 aliphatic carbocycles. The van der Waals surface area contributed by atoms with E-state index in [4.69, 9.17) is 4.84 Å². The maximum atomic E-state index is 11.7. The van der Waals surface area contributed by atoms with E-state index in [-0.39, 0.29) is 0 Å². The normalized spacial score (nSPS) is 16.7. The molecule has 20 heavy (non-hydrogen) atoms. The Balaban J connectivity index is 1.84. The summed E-state index contributed by atoms with van der Waals surface area (Å²) in [4.78, 5) is 17.4. The number of thiophene rings is 1. The minimum atomic E-state index is -0.411. The van der Waals surface area contributed by atoms with E-state index in [0.29, 0.717) is 11.3 Å². The van der Waals surface area contributed by atoms with E-state index in [0.717, 1.165) is 10.4 Å². The average molecular weight is 281 g/mol. The van der Waals surface area contributed by atoms with E-state index < -0.39 is 5.97 Å². The first kappa shape index (κ1) is 12.6. The predicted molar refractivity (Wildman–Crippen MR) is 80.5 cm³/mol. The van der Waals surface area contributed by atoms with Crippen molar-refractivity contribution in [3.63, 3.8) is 0 Å². The summed E-state index contributed by atoms with van der Waals surface area (Å²) in [6, 6.07) is 13.7. The smallest absolute Gasteiger partial charge is 0.312 e. The summed E-state index contributed by atoms with van der Waals surface area (Å²) in [6.45, 7) is 0. The third kappa shape index (κ3) is 2.60. The molecule has 0 radical (unpaired) electrons. The molecule has 1 aliphatic rings. The Labute approximate surface area is 120 Å². The molecule has 0 fully saturated rings. The highest BCUT2D eigenvalue weighted by atomic mass is 32.1. The van der Waals surface area contributed by atoms with Crippen molar-refractivity contribution in [2.24, 2.45) is 5.16 Å². The summed E-state index contributed by atoms with van der Waals surface area (Å²) < 4.78 is 0. The van der Waals surface area contributed by atoms with Crippen LogP contribution in [0.5, 0.6) is 0 Å². The summed E-state index contributed by atoms with van der Waals surface area (Å²) in [5.41, 5.74) is 2.16. The predicted octanol–water partition coefficient (Wildman–Crippen LogP) is 3.65. The standard InChI is InChI=1S/C16H11NO2S/c18-16-13(9-4-8-12-6-2-1-3-7-12)15(17-19-16)14-10-5-11-20-14/h1-11H. The molecular formula is C16H11NO2S. The molecule has 98 valence electrons. The summed E-state index contributed by atoms with van der Waals surface area (Å²) in [6.07, 6.45) is 5.51. The van der Waals surface area contributed by atoms with Gasteiger partial charge in [-0.05, 0) is 23.1 Å². The van der Waals surface area contributed by atoms with Gasteiger partial charge in [-0.2, -0.15) is 0 Å². The molecule has 0 bridgehead atoms. The minimum absolute atomic E-state index is 0.411. The van der Waals surface area contributed by atoms with E-state index in [9.17, 15) is 4.79 Å². The molecule has 0 unspecified atom stereocenters. The van der Waals surface area contributed by atoms with Crippen LogP contribution in [0.25, 0.3) is 6.08 Å². The van der Waals surface area contributed by atoms with Crippen LogP contribution in [0.2, 0.25) is 0 Å². The Bertz CT molecular complexity index is 697. The van der Waals surface area contributed by atoms with Crippen LogP contribution in [0.3, 0.4) is 0 Å². The molecule has 0 atom stereocenters. The van der Waals surface area contributed by atoms with Crippen molar-refractivity contribution in [1.29, 1.82) is 0 Å². The van der Waals surface area contributed by atoms with Crippen LogP contribution in [-0.4, -0.2) is 11.7 Å². The number of nitrogens with zero attached hydrogens (tertiary/aromatic N) is 1. The zero-order chi connectivity index (χ0) is 13.8. The highest BCUT2D eigenvalue weighted by Gasteiger charge is 2.26. The molecule has 1 aliphatic heterocycles. The molecule has 1 aromatic heterocycles. The van der Waals surface area contributed by atoms with Crippen LogP contribution in [0.15, 0.2) is 70.7 Å². The van der Waals surface area contributed by atoms with Crippen LogP contribution in [0.1, 0.15) is 10.4 Å². The van der Waals surface area contributed by atoms with Crippen molar-refractivity contribution >= 4 is 29.1 Å². The largest absolute Gasteiger partial charge is 0.368 e. The van der Waals surface area contributed by atoms with Gasteiger partial charge in [0.25, 0.3) is 0 Å². The van der Waals surface area contributed by atoms with E-state index in [1.807, 2.05) is 60.0 Å². The van der Waals surface area contributed by atoms with Crippen LogP contribution in [-0.2, 0) is 9.63 Å². The van der Waals surface area contributed by atoms with E-state index in [1.54, 1.807) is 6.08 Å². The Morgan fingerprint density at radius 1 is 1.10 bits per heavy atom. The van der Waals surface area contributed by atoms with Gasteiger partial charge in [-0.1, -0.05) is 53.7 Å². The molecule has 0 N–H and O–H groups in total. The Morgan fingerprint density at radius 3 is 2.70 bits per heavy atom. The van der Waals surface area contributed by atoms with E-state index >= 15 is 0 Å². The van der Waals surface area contributed by atoms with Crippen LogP contribution >= 0.6 is 11.3 Å². The van der Waals surface area contributed by atoms with Gasteiger partial charge in [0.2, 0.25) is 0 Å². The van der Waals surface area contributed by atoms with Crippen molar-refractivity contribution in [1.82, 2.24) is 0 Å². The maximum Gasteiger partial charge on any atom is 0.368 e. The van der Waals surface area contributed by atoms with Gasteiger partial charge in [-0.25, -0.2) is 4.79 Å². The molecule has 1 aromatic carbocycles. The molecule has 0 saturated heterocycles. The first-order chi connectivity index (χ1) is 9.84.